The fourth-order valence-corrected chi connectivity index (χ4v) is 6.32. The van der Waals surface area contributed by atoms with Crippen LogP contribution in [0.1, 0.15) is 112 Å². The predicted octanol–water partition coefficient (Wildman–Crippen LogP) is 5.70. The molecule has 0 aromatic carbocycles. The smallest absolute Gasteiger partial charge is 0.324 e. The largest absolute Gasteiger partial charge is 0.342 e. The van der Waals surface area contributed by atoms with Crippen molar-refractivity contribution < 1.29 is 27.2 Å². The summed E-state index contributed by atoms with van der Waals surface area (Å²) in [6, 6.07) is 3.54. The average molecular weight is 629 g/mol. The average Bonchev–Trinajstić information content (AvgIpc) is 3.87. The Morgan fingerprint density at radius 3 is 2.44 bits per heavy atom. The molecule has 45 heavy (non-hydrogen) atoms. The second-order valence-electron chi connectivity index (χ2n) is 13.2. The van der Waals surface area contributed by atoms with E-state index in [-0.39, 0.29) is 43.6 Å². The molecule has 0 saturated heterocycles. The summed E-state index contributed by atoms with van der Waals surface area (Å²) in [6.45, 7) is 3.77. The van der Waals surface area contributed by atoms with Gasteiger partial charge in [-0.05, 0) is 81.9 Å². The zero-order valence-corrected chi connectivity index (χ0v) is 25.1. The highest BCUT2D eigenvalue weighted by atomic mass is 19.3. The quantitative estimate of drug-likeness (QED) is 0.262. The number of aromatic nitrogens is 5. The highest BCUT2D eigenvalue weighted by Crippen LogP contribution is 2.55. The van der Waals surface area contributed by atoms with Crippen LogP contribution in [0, 0.1) is 28.6 Å². The van der Waals surface area contributed by atoms with Crippen molar-refractivity contribution in [3.05, 3.63) is 47.7 Å². The number of nitrogens with one attached hydrogen (secondary N) is 2. The molecule has 0 bridgehead atoms. The normalized spacial score (nSPS) is 20.8. The number of rotatable bonds is 11. The molecular weight excluding hydrogens is 592 g/mol. The van der Waals surface area contributed by atoms with Gasteiger partial charge in [0, 0.05) is 31.5 Å². The number of imidazole rings is 1. The van der Waals surface area contributed by atoms with E-state index in [4.69, 9.17) is 4.98 Å². The maximum Gasteiger partial charge on any atom is 0.324 e. The summed E-state index contributed by atoms with van der Waals surface area (Å²) in [5.74, 6) is -8.67. The molecular formula is C31H36F4N8O2. The lowest BCUT2D eigenvalue weighted by Crippen LogP contribution is -2.44. The molecule has 0 aliphatic heterocycles. The third-order valence-corrected chi connectivity index (χ3v) is 9.34. The molecule has 10 nitrogen and oxygen atoms in total. The van der Waals surface area contributed by atoms with Gasteiger partial charge in [0.15, 0.2) is 5.65 Å². The fourth-order valence-electron chi connectivity index (χ4n) is 6.32. The molecule has 2 atom stereocenters. The van der Waals surface area contributed by atoms with Crippen LogP contribution in [0.3, 0.4) is 0 Å². The Kier molecular flexibility index (Phi) is 7.85. The number of carbonyl (C=O) groups is 2. The Hall–Kier alpha value is -4.02. The van der Waals surface area contributed by atoms with Crippen molar-refractivity contribution in [2.24, 2.45) is 17.3 Å². The Morgan fingerprint density at radius 1 is 1.11 bits per heavy atom. The van der Waals surface area contributed by atoms with E-state index in [2.05, 4.69) is 26.9 Å². The second kappa shape index (κ2) is 11.4. The molecule has 3 saturated carbocycles. The zero-order chi connectivity index (χ0) is 32.1. The molecule has 3 aliphatic rings. The minimum atomic E-state index is -3.56. The maximum absolute atomic E-state index is 14.7. The van der Waals surface area contributed by atoms with E-state index in [0.29, 0.717) is 48.3 Å². The van der Waals surface area contributed by atoms with Gasteiger partial charge in [-0.15, -0.1) is 0 Å². The first kappa shape index (κ1) is 31.0. The van der Waals surface area contributed by atoms with Gasteiger partial charge in [-0.3, -0.25) is 14.3 Å². The Labute approximate surface area is 257 Å². The number of hydrogen-bond donors (Lipinski definition) is 2. The number of carbonyl (C=O) groups excluding carboxylic acids is 2. The van der Waals surface area contributed by atoms with E-state index in [1.807, 2.05) is 13.8 Å². The van der Waals surface area contributed by atoms with Gasteiger partial charge in [-0.2, -0.15) is 24.2 Å². The van der Waals surface area contributed by atoms with Crippen molar-refractivity contribution in [2.75, 3.05) is 0 Å². The van der Waals surface area contributed by atoms with Gasteiger partial charge < -0.3 is 10.6 Å². The lowest BCUT2D eigenvalue weighted by Gasteiger charge is -2.33. The Balaban J connectivity index is 1.30. The Bertz CT molecular complexity index is 1630. The number of fused-ring (bicyclic) bond motifs is 1. The molecule has 3 aromatic rings. The van der Waals surface area contributed by atoms with Crippen LogP contribution < -0.4 is 10.6 Å². The summed E-state index contributed by atoms with van der Waals surface area (Å²) < 4.78 is 60.7. The lowest BCUT2D eigenvalue weighted by molar-refractivity contribution is -0.148. The molecule has 3 heterocycles. The van der Waals surface area contributed by atoms with Gasteiger partial charge in [-0.1, -0.05) is 0 Å². The first-order chi connectivity index (χ1) is 21.3. The maximum atomic E-state index is 14.7. The van der Waals surface area contributed by atoms with Crippen LogP contribution in [0.25, 0.3) is 5.65 Å². The van der Waals surface area contributed by atoms with E-state index in [1.165, 1.54) is 16.9 Å². The van der Waals surface area contributed by atoms with E-state index in [9.17, 15) is 32.4 Å². The molecule has 3 aliphatic carbocycles. The van der Waals surface area contributed by atoms with Gasteiger partial charge in [0.05, 0.1) is 41.7 Å². The van der Waals surface area contributed by atoms with Gasteiger partial charge >= 0.3 is 5.92 Å². The first-order valence-electron chi connectivity index (χ1n) is 15.5. The van der Waals surface area contributed by atoms with E-state index in [0.717, 1.165) is 0 Å². The van der Waals surface area contributed by atoms with Crippen LogP contribution in [0.5, 0.6) is 0 Å². The van der Waals surface area contributed by atoms with Gasteiger partial charge in [0.25, 0.3) is 11.8 Å². The van der Waals surface area contributed by atoms with Crippen molar-refractivity contribution >= 4 is 17.5 Å². The third kappa shape index (κ3) is 6.39. The highest BCUT2D eigenvalue weighted by Gasteiger charge is 2.54. The summed E-state index contributed by atoms with van der Waals surface area (Å²) in [5.41, 5.74) is 0.338. The molecule has 0 radical (unpaired) electrons. The van der Waals surface area contributed by atoms with Crippen LogP contribution in [-0.4, -0.2) is 48.0 Å². The zero-order valence-electron chi connectivity index (χ0n) is 25.1. The number of alkyl halides is 4. The molecule has 6 rings (SSSR count). The molecule has 2 amide bonds. The van der Waals surface area contributed by atoms with Gasteiger partial charge in [0.2, 0.25) is 5.92 Å². The minimum Gasteiger partial charge on any atom is -0.342 e. The molecule has 1 unspecified atom stereocenters. The van der Waals surface area contributed by atoms with Crippen LogP contribution in [0.2, 0.25) is 0 Å². The predicted molar refractivity (Wildman–Crippen MR) is 153 cm³/mol. The second-order valence-corrected chi connectivity index (χ2v) is 13.2. The van der Waals surface area contributed by atoms with Gasteiger partial charge in [-0.25, -0.2) is 18.3 Å². The summed E-state index contributed by atoms with van der Waals surface area (Å²) in [7, 11) is 0. The number of nitrogens with zero attached hydrogens (tertiary/aromatic N) is 6. The van der Waals surface area contributed by atoms with Crippen molar-refractivity contribution in [3.8, 4) is 6.07 Å². The first-order valence-corrected chi connectivity index (χ1v) is 15.5. The lowest BCUT2D eigenvalue weighted by atomic mass is 9.81. The molecule has 14 heteroatoms. The summed E-state index contributed by atoms with van der Waals surface area (Å²) in [4.78, 5) is 30.9. The molecule has 3 aromatic heterocycles. The van der Waals surface area contributed by atoms with Gasteiger partial charge in [0.1, 0.15) is 5.69 Å². The van der Waals surface area contributed by atoms with Crippen molar-refractivity contribution in [3.63, 3.8) is 0 Å². The van der Waals surface area contributed by atoms with E-state index >= 15 is 0 Å². The van der Waals surface area contributed by atoms with Crippen LogP contribution in [0.15, 0.2) is 30.7 Å². The highest BCUT2D eigenvalue weighted by molar-refractivity contribution is 5.92. The van der Waals surface area contributed by atoms with Crippen molar-refractivity contribution in [1.29, 1.82) is 5.26 Å². The summed E-state index contributed by atoms with van der Waals surface area (Å²) >= 11 is 0. The Morgan fingerprint density at radius 2 is 1.82 bits per heavy atom. The minimum absolute atomic E-state index is 0.0874. The number of halogens is 4. The van der Waals surface area contributed by atoms with Crippen LogP contribution >= 0.6 is 0 Å². The molecule has 3 fully saturated rings. The SMILES string of the molecule is CC(C)n1nccc1C(=O)N[C@H](c1cn2ncc(C(NC(=O)C(F)(F)CC3CC3)C3(C#N)CC3)cc2n1)C1CCC(F)(F)CC1. The van der Waals surface area contributed by atoms with Crippen LogP contribution in [-0.2, 0) is 4.79 Å². The molecule has 2 N–H and O–H groups in total. The van der Waals surface area contributed by atoms with E-state index < -0.39 is 47.6 Å². The topological polar surface area (TPSA) is 130 Å². The van der Waals surface area contributed by atoms with Crippen LogP contribution in [0.4, 0.5) is 17.6 Å². The summed E-state index contributed by atoms with van der Waals surface area (Å²) in [5, 5.41) is 24.0. The van der Waals surface area contributed by atoms with Crippen molar-refractivity contribution in [2.45, 2.75) is 102 Å². The standard InChI is InChI=1S/C31H36F4N8O2/c1-18(2)43-23(7-12-37-43)27(44)40-25(20-5-8-30(32,33)9-6-20)22-16-42-24(39-22)13-21(15-38-42)26(29(17-36)10-11-29)41-28(45)31(34,35)14-19-3-4-19/h7,12-13,15-16,18-20,25-26H,3-6,8-11,14H2,1-2H3,(H,40,44)(H,41,45)/t25-,26?/m0/s1. The monoisotopic (exact) mass is 628 g/mol. The number of hydrogen-bond acceptors (Lipinski definition) is 6. The third-order valence-electron chi connectivity index (χ3n) is 9.34. The van der Waals surface area contributed by atoms with E-state index in [1.54, 1.807) is 23.0 Å². The van der Waals surface area contributed by atoms with Crippen molar-refractivity contribution in [1.82, 2.24) is 35.0 Å². The number of amides is 2. The summed E-state index contributed by atoms with van der Waals surface area (Å²) in [6.07, 6.45) is 5.93. The molecule has 240 valence electrons. The number of nitriles is 1. The molecule has 0 spiro atoms. The fraction of sp³-hybridized carbons (Fsp3) is 0.613.